The van der Waals surface area contributed by atoms with E-state index in [0.29, 0.717) is 19.0 Å². The fourth-order valence-electron chi connectivity index (χ4n) is 0.749. The zero-order valence-corrected chi connectivity index (χ0v) is 9.45. The zero-order valence-electron chi connectivity index (χ0n) is 8.63. The highest BCUT2D eigenvalue weighted by Crippen LogP contribution is 1.90. The van der Waals surface area contributed by atoms with Crippen molar-refractivity contribution in [1.82, 2.24) is 10.0 Å². The van der Waals surface area contributed by atoms with Crippen molar-refractivity contribution in [3.63, 3.8) is 0 Å². The second-order valence-corrected chi connectivity index (χ2v) is 5.34. The lowest BCUT2D eigenvalue weighted by atomic mass is 10.2. The summed E-state index contributed by atoms with van der Waals surface area (Å²) in [7, 11) is -3.06. The van der Waals surface area contributed by atoms with Crippen LogP contribution in [0, 0.1) is 5.92 Å². The van der Waals surface area contributed by atoms with Gasteiger partial charge in [-0.2, -0.15) is 0 Å². The standard InChI is InChI=1S/C8H20N2O2S/c1-4-9-5-6-13(11,12)10-7-8(2)3/h8-10H,4-7H2,1-3H3. The fourth-order valence-corrected chi connectivity index (χ4v) is 1.89. The highest BCUT2D eigenvalue weighted by Gasteiger charge is 2.08. The third-order valence-corrected chi connectivity index (χ3v) is 2.86. The Morgan fingerprint density at radius 2 is 1.92 bits per heavy atom. The molecule has 5 heteroatoms. The maximum absolute atomic E-state index is 11.3. The van der Waals surface area contributed by atoms with Gasteiger partial charge in [0.15, 0.2) is 0 Å². The summed E-state index contributed by atoms with van der Waals surface area (Å²) in [5.41, 5.74) is 0. The molecule has 0 spiro atoms. The molecule has 0 amide bonds. The van der Waals surface area contributed by atoms with Crippen LogP contribution >= 0.6 is 0 Å². The van der Waals surface area contributed by atoms with Gasteiger partial charge >= 0.3 is 0 Å². The van der Waals surface area contributed by atoms with E-state index in [1.165, 1.54) is 0 Å². The highest BCUT2D eigenvalue weighted by atomic mass is 32.2. The van der Waals surface area contributed by atoms with Gasteiger partial charge in [-0.05, 0) is 12.5 Å². The van der Waals surface area contributed by atoms with Crippen molar-refractivity contribution in [2.75, 3.05) is 25.4 Å². The molecular weight excluding hydrogens is 188 g/mol. The van der Waals surface area contributed by atoms with Crippen LogP contribution in [0.25, 0.3) is 0 Å². The summed E-state index contributed by atoms with van der Waals surface area (Å²) < 4.78 is 25.1. The molecule has 0 saturated heterocycles. The smallest absolute Gasteiger partial charge is 0.212 e. The van der Waals surface area contributed by atoms with Crippen LogP contribution in [0.15, 0.2) is 0 Å². The average Bonchev–Trinajstić information content (AvgIpc) is 2.02. The monoisotopic (exact) mass is 208 g/mol. The summed E-state index contributed by atoms with van der Waals surface area (Å²) in [4.78, 5) is 0. The Morgan fingerprint density at radius 3 is 2.38 bits per heavy atom. The molecule has 0 aliphatic rings. The summed E-state index contributed by atoms with van der Waals surface area (Å²) in [6.45, 7) is 7.76. The van der Waals surface area contributed by atoms with Crippen LogP contribution in [0.3, 0.4) is 0 Å². The molecule has 0 bridgehead atoms. The Balaban J connectivity index is 3.68. The van der Waals surface area contributed by atoms with E-state index in [9.17, 15) is 8.42 Å². The van der Waals surface area contributed by atoms with Gasteiger partial charge in [0.2, 0.25) is 10.0 Å². The Kier molecular flexibility index (Phi) is 6.28. The normalized spacial score (nSPS) is 12.3. The Hall–Kier alpha value is -0.130. The lowest BCUT2D eigenvalue weighted by Gasteiger charge is -2.08. The van der Waals surface area contributed by atoms with Gasteiger partial charge in [0, 0.05) is 13.1 Å². The number of rotatable bonds is 7. The lowest BCUT2D eigenvalue weighted by molar-refractivity contribution is 0.557. The van der Waals surface area contributed by atoms with Crippen LogP contribution in [-0.2, 0) is 10.0 Å². The van der Waals surface area contributed by atoms with E-state index in [4.69, 9.17) is 0 Å². The van der Waals surface area contributed by atoms with Crippen molar-refractivity contribution < 1.29 is 8.42 Å². The average molecular weight is 208 g/mol. The van der Waals surface area contributed by atoms with Crippen molar-refractivity contribution in [1.29, 1.82) is 0 Å². The molecule has 0 atom stereocenters. The summed E-state index contributed by atoms with van der Waals surface area (Å²) in [5, 5.41) is 2.97. The second-order valence-electron chi connectivity index (χ2n) is 3.41. The molecule has 13 heavy (non-hydrogen) atoms. The maximum atomic E-state index is 11.3. The molecule has 0 rings (SSSR count). The zero-order chi connectivity index (χ0) is 10.3. The third kappa shape index (κ3) is 8.21. The van der Waals surface area contributed by atoms with Gasteiger partial charge < -0.3 is 5.32 Å². The molecule has 0 aromatic rings. The van der Waals surface area contributed by atoms with Crippen LogP contribution in [0.2, 0.25) is 0 Å². The number of hydrogen-bond donors (Lipinski definition) is 2. The maximum Gasteiger partial charge on any atom is 0.212 e. The Morgan fingerprint density at radius 1 is 1.31 bits per heavy atom. The van der Waals surface area contributed by atoms with Gasteiger partial charge in [-0.1, -0.05) is 20.8 Å². The van der Waals surface area contributed by atoms with Crippen LogP contribution < -0.4 is 10.0 Å². The summed E-state index contributed by atoms with van der Waals surface area (Å²) in [6, 6.07) is 0. The molecule has 80 valence electrons. The predicted octanol–water partition coefficient (Wildman–Crippen LogP) is 0.171. The Bertz CT molecular complexity index is 212. The van der Waals surface area contributed by atoms with E-state index in [1.54, 1.807) is 0 Å². The van der Waals surface area contributed by atoms with E-state index in [2.05, 4.69) is 10.0 Å². The first kappa shape index (κ1) is 12.9. The largest absolute Gasteiger partial charge is 0.316 e. The third-order valence-electron chi connectivity index (χ3n) is 1.51. The molecule has 0 heterocycles. The van der Waals surface area contributed by atoms with Crippen molar-refractivity contribution in [3.05, 3.63) is 0 Å². The molecule has 0 aliphatic carbocycles. The fraction of sp³-hybridized carbons (Fsp3) is 1.00. The lowest BCUT2D eigenvalue weighted by Crippen LogP contribution is -2.33. The molecule has 0 saturated carbocycles. The number of sulfonamides is 1. The molecule has 0 radical (unpaired) electrons. The first-order valence-electron chi connectivity index (χ1n) is 4.66. The SMILES string of the molecule is CCNCCS(=O)(=O)NCC(C)C. The molecular formula is C8H20N2O2S. The topological polar surface area (TPSA) is 58.2 Å². The molecule has 0 fully saturated rings. The summed E-state index contributed by atoms with van der Waals surface area (Å²) >= 11 is 0. The van der Waals surface area contributed by atoms with Crippen molar-refractivity contribution in [3.8, 4) is 0 Å². The van der Waals surface area contributed by atoms with Crippen LogP contribution in [0.5, 0.6) is 0 Å². The van der Waals surface area contributed by atoms with Gasteiger partial charge in [-0.3, -0.25) is 0 Å². The highest BCUT2D eigenvalue weighted by molar-refractivity contribution is 7.89. The number of nitrogens with one attached hydrogen (secondary N) is 2. The molecule has 0 aromatic heterocycles. The van der Waals surface area contributed by atoms with Crippen LogP contribution in [0.4, 0.5) is 0 Å². The van der Waals surface area contributed by atoms with Gasteiger partial charge in [-0.25, -0.2) is 13.1 Å². The van der Waals surface area contributed by atoms with Crippen molar-refractivity contribution in [2.24, 2.45) is 5.92 Å². The second kappa shape index (κ2) is 6.34. The van der Waals surface area contributed by atoms with Crippen LogP contribution in [-0.4, -0.2) is 33.8 Å². The summed E-state index contributed by atoms with van der Waals surface area (Å²) in [6.07, 6.45) is 0. The minimum atomic E-state index is -3.06. The molecule has 0 unspecified atom stereocenters. The van der Waals surface area contributed by atoms with E-state index >= 15 is 0 Å². The van der Waals surface area contributed by atoms with Gasteiger partial charge in [0.1, 0.15) is 0 Å². The summed E-state index contributed by atoms with van der Waals surface area (Å²) in [5.74, 6) is 0.516. The van der Waals surface area contributed by atoms with Gasteiger partial charge in [0.05, 0.1) is 5.75 Å². The van der Waals surface area contributed by atoms with Crippen molar-refractivity contribution in [2.45, 2.75) is 20.8 Å². The molecule has 2 N–H and O–H groups in total. The van der Waals surface area contributed by atoms with E-state index in [-0.39, 0.29) is 5.75 Å². The minimum absolute atomic E-state index is 0.160. The minimum Gasteiger partial charge on any atom is -0.316 e. The Labute approximate surface area is 81.2 Å². The van der Waals surface area contributed by atoms with E-state index < -0.39 is 10.0 Å². The first-order valence-corrected chi connectivity index (χ1v) is 6.31. The first-order chi connectivity index (χ1) is 5.98. The molecule has 0 aliphatic heterocycles. The predicted molar refractivity (Wildman–Crippen MR) is 55.2 cm³/mol. The number of hydrogen-bond acceptors (Lipinski definition) is 3. The molecule has 0 aromatic carbocycles. The van der Waals surface area contributed by atoms with E-state index in [0.717, 1.165) is 6.54 Å². The van der Waals surface area contributed by atoms with Gasteiger partial charge in [-0.15, -0.1) is 0 Å². The molecule has 4 nitrogen and oxygen atoms in total. The van der Waals surface area contributed by atoms with Crippen LogP contribution in [0.1, 0.15) is 20.8 Å². The van der Waals surface area contributed by atoms with Crippen molar-refractivity contribution >= 4 is 10.0 Å². The van der Waals surface area contributed by atoms with E-state index in [1.807, 2.05) is 20.8 Å². The van der Waals surface area contributed by atoms with Gasteiger partial charge in [0.25, 0.3) is 0 Å². The quantitative estimate of drug-likeness (QED) is 0.586.